The molecule has 2 aliphatic rings. The van der Waals surface area contributed by atoms with Crippen LogP contribution >= 0.6 is 11.3 Å². The van der Waals surface area contributed by atoms with Gasteiger partial charge in [-0.05, 0) is 17.5 Å². The monoisotopic (exact) mass is 405 g/mol. The highest BCUT2D eigenvalue weighted by molar-refractivity contribution is 7.17. The van der Waals surface area contributed by atoms with Crippen molar-refractivity contribution in [2.45, 2.75) is 12.0 Å². The fourth-order valence-electron chi connectivity index (χ4n) is 3.50. The maximum Gasteiger partial charge on any atom is 0.228 e. The van der Waals surface area contributed by atoms with Crippen molar-refractivity contribution in [3.05, 3.63) is 47.9 Å². The third-order valence-corrected chi connectivity index (χ3v) is 6.01. The molecule has 8 nitrogen and oxygen atoms in total. The van der Waals surface area contributed by atoms with E-state index < -0.39 is 0 Å². The molecule has 0 amide bonds. The van der Waals surface area contributed by atoms with Gasteiger partial charge in [-0.3, -0.25) is 4.68 Å². The molecule has 0 bridgehead atoms. The molecule has 0 spiro atoms. The molecule has 5 heterocycles. The molecule has 1 fully saturated rings. The van der Waals surface area contributed by atoms with Crippen LogP contribution in [0.25, 0.3) is 21.5 Å². The Bertz CT molecular complexity index is 1170. The minimum atomic E-state index is -0.377. The second kappa shape index (κ2) is 6.99. The smallest absolute Gasteiger partial charge is 0.228 e. The summed E-state index contributed by atoms with van der Waals surface area (Å²) in [5.74, 6) is 0.545. The lowest BCUT2D eigenvalue weighted by Gasteiger charge is -2.39. The standard InChI is InChI=1S/C20H19N7OS/c1-26-7-2-3-15(11-26)23-19-24-16-4-8-29-18(16)17(25-19)14-9-22-27(10-14)20(5-6-21)12-28-13-20/h2-4,8-11H,5,7,12-13H2,1H3,(H,23,24,25). The number of likely N-dealkylation sites (N-methyl/N-ethyl adjacent to an activating group) is 1. The fraction of sp³-hybridized carbons (Fsp3) is 0.300. The van der Waals surface area contributed by atoms with Crippen molar-refractivity contribution < 1.29 is 4.74 Å². The molecule has 0 atom stereocenters. The van der Waals surface area contributed by atoms with Crippen LogP contribution in [0.1, 0.15) is 6.42 Å². The zero-order valence-electron chi connectivity index (χ0n) is 15.9. The summed E-state index contributed by atoms with van der Waals surface area (Å²) in [4.78, 5) is 11.5. The number of thiophene rings is 1. The van der Waals surface area contributed by atoms with Crippen molar-refractivity contribution in [2.24, 2.45) is 0 Å². The van der Waals surface area contributed by atoms with E-state index in [1.54, 1.807) is 17.5 Å². The van der Waals surface area contributed by atoms with E-state index >= 15 is 0 Å². The molecule has 0 unspecified atom stereocenters. The van der Waals surface area contributed by atoms with Crippen LogP contribution in [0.4, 0.5) is 5.95 Å². The number of rotatable bonds is 5. The molecule has 2 aliphatic heterocycles. The first-order valence-electron chi connectivity index (χ1n) is 9.28. The predicted octanol–water partition coefficient (Wildman–Crippen LogP) is 2.95. The Hall–Kier alpha value is -3.22. The van der Waals surface area contributed by atoms with Crippen LogP contribution in [0.5, 0.6) is 0 Å². The Labute approximate surface area is 171 Å². The first-order valence-corrected chi connectivity index (χ1v) is 10.2. The maximum atomic E-state index is 9.19. The molecule has 3 aromatic rings. The summed E-state index contributed by atoms with van der Waals surface area (Å²) in [5, 5.41) is 19.0. The normalized spacial score (nSPS) is 17.7. The molecule has 0 radical (unpaired) electrons. The summed E-state index contributed by atoms with van der Waals surface area (Å²) < 4.78 is 8.23. The number of nitrogens with zero attached hydrogens (tertiary/aromatic N) is 6. The molecule has 146 valence electrons. The highest BCUT2D eigenvalue weighted by Gasteiger charge is 2.41. The largest absolute Gasteiger partial charge is 0.376 e. The topological polar surface area (TPSA) is 91.9 Å². The maximum absolute atomic E-state index is 9.19. The Morgan fingerprint density at radius 1 is 1.38 bits per heavy atom. The van der Waals surface area contributed by atoms with E-state index in [0.717, 1.165) is 33.7 Å². The summed E-state index contributed by atoms with van der Waals surface area (Å²) >= 11 is 1.61. The minimum Gasteiger partial charge on any atom is -0.376 e. The Morgan fingerprint density at radius 2 is 2.28 bits per heavy atom. The van der Waals surface area contributed by atoms with Crippen LogP contribution < -0.4 is 5.32 Å². The molecule has 0 aromatic carbocycles. The van der Waals surface area contributed by atoms with Crippen molar-refractivity contribution in [1.82, 2.24) is 24.6 Å². The molecule has 1 saturated heterocycles. The van der Waals surface area contributed by atoms with E-state index in [0.29, 0.717) is 25.6 Å². The quantitative estimate of drug-likeness (QED) is 0.698. The molecular weight excluding hydrogens is 386 g/mol. The van der Waals surface area contributed by atoms with Crippen molar-refractivity contribution in [3.63, 3.8) is 0 Å². The molecule has 5 rings (SSSR count). The number of allylic oxidation sites excluding steroid dienone is 1. The van der Waals surface area contributed by atoms with Crippen LogP contribution in [0.2, 0.25) is 0 Å². The number of hydrogen-bond acceptors (Lipinski definition) is 8. The predicted molar refractivity (Wildman–Crippen MR) is 111 cm³/mol. The first-order chi connectivity index (χ1) is 14.2. The summed E-state index contributed by atoms with van der Waals surface area (Å²) in [7, 11) is 2.02. The van der Waals surface area contributed by atoms with Gasteiger partial charge in [0.1, 0.15) is 5.54 Å². The summed E-state index contributed by atoms with van der Waals surface area (Å²) in [5.41, 5.74) is 3.19. The van der Waals surface area contributed by atoms with Gasteiger partial charge < -0.3 is 15.0 Å². The number of nitriles is 1. The van der Waals surface area contributed by atoms with Crippen molar-refractivity contribution in [3.8, 4) is 17.3 Å². The number of hydrogen-bond donors (Lipinski definition) is 1. The van der Waals surface area contributed by atoms with Crippen LogP contribution in [-0.2, 0) is 10.3 Å². The SMILES string of the molecule is CN1C=C(Nc2nc(-c3cnn(C4(CC#N)COC4)c3)c3sccc3n2)C=CC1. The third kappa shape index (κ3) is 3.16. The second-order valence-electron chi connectivity index (χ2n) is 7.31. The molecule has 0 saturated carbocycles. The van der Waals surface area contributed by atoms with Crippen LogP contribution in [0.3, 0.4) is 0 Å². The number of ether oxygens (including phenoxy) is 1. The van der Waals surface area contributed by atoms with Gasteiger partial charge in [0.05, 0.1) is 53.5 Å². The summed E-state index contributed by atoms with van der Waals surface area (Å²) in [6.45, 7) is 1.88. The number of nitrogens with one attached hydrogen (secondary N) is 1. The minimum absolute atomic E-state index is 0.368. The molecule has 0 aliphatic carbocycles. The van der Waals surface area contributed by atoms with E-state index in [-0.39, 0.29) is 5.54 Å². The van der Waals surface area contributed by atoms with Crippen molar-refractivity contribution in [1.29, 1.82) is 5.26 Å². The van der Waals surface area contributed by atoms with Gasteiger partial charge >= 0.3 is 0 Å². The lowest BCUT2D eigenvalue weighted by Crippen LogP contribution is -2.51. The van der Waals surface area contributed by atoms with Gasteiger partial charge in [0.2, 0.25) is 5.95 Å². The van der Waals surface area contributed by atoms with Gasteiger partial charge in [0, 0.05) is 31.6 Å². The Balaban J connectivity index is 1.53. The lowest BCUT2D eigenvalue weighted by atomic mass is 9.94. The number of aromatic nitrogens is 4. The van der Waals surface area contributed by atoms with Gasteiger partial charge in [0.15, 0.2) is 0 Å². The average Bonchev–Trinajstić information content (AvgIpc) is 3.34. The number of anilines is 1. The van der Waals surface area contributed by atoms with Gasteiger partial charge in [-0.25, -0.2) is 9.97 Å². The van der Waals surface area contributed by atoms with Gasteiger partial charge in [-0.2, -0.15) is 10.4 Å². The molecule has 1 N–H and O–H groups in total. The van der Waals surface area contributed by atoms with E-state index in [1.165, 1.54) is 0 Å². The van der Waals surface area contributed by atoms with E-state index in [9.17, 15) is 5.26 Å². The van der Waals surface area contributed by atoms with Gasteiger partial charge in [0.25, 0.3) is 0 Å². The first kappa shape index (κ1) is 17.8. The highest BCUT2D eigenvalue weighted by Crippen LogP contribution is 2.34. The third-order valence-electron chi connectivity index (χ3n) is 5.10. The Morgan fingerprint density at radius 3 is 3.03 bits per heavy atom. The van der Waals surface area contributed by atoms with Crippen molar-refractivity contribution in [2.75, 3.05) is 32.1 Å². The second-order valence-corrected chi connectivity index (χ2v) is 8.22. The number of fused-ring (bicyclic) bond motifs is 1. The van der Waals surface area contributed by atoms with E-state index in [4.69, 9.17) is 9.72 Å². The fourth-order valence-corrected chi connectivity index (χ4v) is 4.34. The molecular formula is C20H19N7OS. The molecule has 9 heteroatoms. The van der Waals surface area contributed by atoms with E-state index in [1.807, 2.05) is 41.6 Å². The van der Waals surface area contributed by atoms with Crippen molar-refractivity contribution >= 4 is 27.5 Å². The zero-order chi connectivity index (χ0) is 19.8. The van der Waals surface area contributed by atoms with Crippen LogP contribution in [0, 0.1) is 11.3 Å². The van der Waals surface area contributed by atoms with Gasteiger partial charge in [-0.15, -0.1) is 11.3 Å². The average molecular weight is 405 g/mol. The zero-order valence-corrected chi connectivity index (χ0v) is 16.7. The lowest BCUT2D eigenvalue weighted by molar-refractivity contribution is -0.104. The molecule has 29 heavy (non-hydrogen) atoms. The van der Waals surface area contributed by atoms with E-state index in [2.05, 4.69) is 32.4 Å². The molecule has 3 aromatic heterocycles. The van der Waals surface area contributed by atoms with Crippen LogP contribution in [-0.4, -0.2) is 51.5 Å². The summed E-state index contributed by atoms with van der Waals surface area (Å²) in [6, 6.07) is 4.25. The Kier molecular flexibility index (Phi) is 4.30. The summed E-state index contributed by atoms with van der Waals surface area (Å²) in [6.07, 6.45) is 10.3. The van der Waals surface area contributed by atoms with Crippen LogP contribution in [0.15, 0.2) is 47.9 Å². The highest BCUT2D eigenvalue weighted by atomic mass is 32.1. The van der Waals surface area contributed by atoms with Gasteiger partial charge in [-0.1, -0.05) is 6.08 Å².